The van der Waals surface area contributed by atoms with Crippen molar-refractivity contribution in [2.75, 3.05) is 11.9 Å². The maximum atomic E-state index is 9.23. The molecule has 1 aromatic carbocycles. The van der Waals surface area contributed by atoms with Crippen molar-refractivity contribution in [2.24, 2.45) is 5.92 Å². The topological polar surface area (TPSA) is 27.0 Å². The highest BCUT2D eigenvalue weighted by atomic mass is 35.5. The summed E-state index contributed by atoms with van der Waals surface area (Å²) in [5, 5.41) is 9.86. The Morgan fingerprint density at radius 3 is 2.58 bits per heavy atom. The van der Waals surface area contributed by atoms with Gasteiger partial charge >= 0.3 is 0 Å². The monoisotopic (exact) mass is 276 g/mol. The van der Waals surface area contributed by atoms with Crippen LogP contribution >= 0.6 is 11.6 Å². The summed E-state index contributed by atoms with van der Waals surface area (Å²) in [5.74, 6) is 0.894. The van der Waals surface area contributed by atoms with Gasteiger partial charge in [-0.05, 0) is 49.8 Å². The average molecular weight is 277 g/mol. The summed E-state index contributed by atoms with van der Waals surface area (Å²) in [7, 11) is 2.10. The van der Waals surface area contributed by atoms with Crippen molar-refractivity contribution in [1.29, 1.82) is 5.26 Å². The van der Waals surface area contributed by atoms with Crippen molar-refractivity contribution in [3.63, 3.8) is 0 Å². The van der Waals surface area contributed by atoms with Gasteiger partial charge in [-0.25, -0.2) is 0 Å². The van der Waals surface area contributed by atoms with E-state index in [-0.39, 0.29) is 0 Å². The van der Waals surface area contributed by atoms with Crippen LogP contribution in [0.4, 0.5) is 5.69 Å². The van der Waals surface area contributed by atoms with E-state index in [1.165, 1.54) is 32.1 Å². The summed E-state index contributed by atoms with van der Waals surface area (Å²) in [6.07, 6.45) is 6.35. The summed E-state index contributed by atoms with van der Waals surface area (Å²) in [5.41, 5.74) is 1.68. The van der Waals surface area contributed by atoms with Gasteiger partial charge in [0.15, 0.2) is 0 Å². The molecule has 3 heteroatoms. The Balaban J connectivity index is 2.12. The third-order valence-electron chi connectivity index (χ3n) is 4.40. The Kier molecular flexibility index (Phi) is 4.71. The van der Waals surface area contributed by atoms with Crippen LogP contribution in [0.1, 0.15) is 44.6 Å². The summed E-state index contributed by atoms with van der Waals surface area (Å²) in [4.78, 5) is 2.26. The second-order valence-electron chi connectivity index (χ2n) is 5.47. The van der Waals surface area contributed by atoms with Crippen LogP contribution in [0.3, 0.4) is 0 Å². The van der Waals surface area contributed by atoms with Crippen LogP contribution in [-0.2, 0) is 0 Å². The van der Waals surface area contributed by atoms with Gasteiger partial charge in [0.25, 0.3) is 0 Å². The number of nitriles is 1. The van der Waals surface area contributed by atoms with E-state index in [0.717, 1.165) is 11.6 Å². The molecule has 0 heterocycles. The minimum Gasteiger partial charge on any atom is -0.371 e. The SMILES string of the molecule is CCC1CCC(N(C)c2ccc(Cl)cc2C#N)CC1. The van der Waals surface area contributed by atoms with Crippen molar-refractivity contribution in [3.05, 3.63) is 28.8 Å². The molecule has 0 radical (unpaired) electrons. The highest BCUT2D eigenvalue weighted by molar-refractivity contribution is 6.30. The first kappa shape index (κ1) is 14.2. The van der Waals surface area contributed by atoms with Crippen LogP contribution in [0.25, 0.3) is 0 Å². The second-order valence-corrected chi connectivity index (χ2v) is 5.90. The molecule has 1 aromatic rings. The number of anilines is 1. The standard InChI is InChI=1S/C16H21ClN2/c1-3-12-4-7-15(8-5-12)19(2)16-9-6-14(17)10-13(16)11-18/h6,9-10,12,15H,3-5,7-8H2,1-2H3. The Labute approximate surface area is 121 Å². The van der Waals surface area contributed by atoms with Gasteiger partial charge in [-0.3, -0.25) is 0 Å². The lowest BCUT2D eigenvalue weighted by atomic mass is 9.84. The summed E-state index contributed by atoms with van der Waals surface area (Å²) in [6.45, 7) is 2.28. The van der Waals surface area contributed by atoms with Crippen molar-refractivity contribution in [3.8, 4) is 6.07 Å². The van der Waals surface area contributed by atoms with Crippen molar-refractivity contribution in [1.82, 2.24) is 0 Å². The predicted octanol–water partition coefficient (Wildman–Crippen LogP) is 4.62. The van der Waals surface area contributed by atoms with E-state index >= 15 is 0 Å². The number of hydrogen-bond acceptors (Lipinski definition) is 2. The van der Waals surface area contributed by atoms with E-state index in [4.69, 9.17) is 11.6 Å². The summed E-state index contributed by atoms with van der Waals surface area (Å²) >= 11 is 5.95. The fraction of sp³-hybridized carbons (Fsp3) is 0.562. The van der Waals surface area contributed by atoms with Crippen molar-refractivity contribution >= 4 is 17.3 Å². The van der Waals surface area contributed by atoms with Gasteiger partial charge in [-0.2, -0.15) is 5.26 Å². The molecular formula is C16H21ClN2. The maximum absolute atomic E-state index is 9.23. The normalized spacial score (nSPS) is 22.8. The molecule has 1 fully saturated rings. The molecule has 0 aromatic heterocycles. The Bertz CT molecular complexity index is 470. The van der Waals surface area contributed by atoms with Crippen LogP contribution in [0.2, 0.25) is 5.02 Å². The van der Waals surface area contributed by atoms with Crippen LogP contribution in [0.15, 0.2) is 18.2 Å². The van der Waals surface area contributed by atoms with E-state index in [1.807, 2.05) is 12.1 Å². The van der Waals surface area contributed by atoms with Gasteiger partial charge < -0.3 is 4.90 Å². The molecule has 1 aliphatic carbocycles. The smallest absolute Gasteiger partial charge is 0.101 e. The molecule has 1 aliphatic rings. The fourth-order valence-corrected chi connectivity index (χ4v) is 3.21. The summed E-state index contributed by atoms with van der Waals surface area (Å²) < 4.78 is 0. The van der Waals surface area contributed by atoms with Gasteiger partial charge in [-0.15, -0.1) is 0 Å². The van der Waals surface area contributed by atoms with Gasteiger partial charge in [-0.1, -0.05) is 24.9 Å². The molecule has 2 nitrogen and oxygen atoms in total. The first-order valence-corrected chi connectivity index (χ1v) is 7.46. The van der Waals surface area contributed by atoms with E-state index in [1.54, 1.807) is 6.07 Å². The van der Waals surface area contributed by atoms with Gasteiger partial charge in [0.2, 0.25) is 0 Å². The zero-order valence-corrected chi connectivity index (χ0v) is 12.5. The second kappa shape index (κ2) is 6.30. The lowest BCUT2D eigenvalue weighted by Crippen LogP contribution is -2.35. The van der Waals surface area contributed by atoms with Gasteiger partial charge in [0, 0.05) is 18.1 Å². The van der Waals surface area contributed by atoms with Gasteiger partial charge in [0.1, 0.15) is 6.07 Å². The van der Waals surface area contributed by atoms with Crippen LogP contribution in [-0.4, -0.2) is 13.1 Å². The third kappa shape index (κ3) is 3.22. The zero-order chi connectivity index (χ0) is 13.8. The molecular weight excluding hydrogens is 256 g/mol. The molecule has 0 N–H and O–H groups in total. The minimum atomic E-state index is 0.552. The number of nitrogens with zero attached hydrogens (tertiary/aromatic N) is 2. The largest absolute Gasteiger partial charge is 0.371 e. The highest BCUT2D eigenvalue weighted by Gasteiger charge is 2.24. The van der Waals surface area contributed by atoms with E-state index < -0.39 is 0 Å². The minimum absolute atomic E-state index is 0.552. The maximum Gasteiger partial charge on any atom is 0.101 e. The molecule has 2 rings (SSSR count). The zero-order valence-electron chi connectivity index (χ0n) is 11.7. The molecule has 0 amide bonds. The fourth-order valence-electron chi connectivity index (χ4n) is 3.04. The van der Waals surface area contributed by atoms with Gasteiger partial charge in [0.05, 0.1) is 11.3 Å². The first-order chi connectivity index (χ1) is 9.15. The molecule has 0 bridgehead atoms. The third-order valence-corrected chi connectivity index (χ3v) is 4.64. The lowest BCUT2D eigenvalue weighted by Gasteiger charge is -2.36. The van der Waals surface area contributed by atoms with Crippen LogP contribution in [0.5, 0.6) is 0 Å². The van der Waals surface area contributed by atoms with Crippen molar-refractivity contribution in [2.45, 2.75) is 45.1 Å². The summed E-state index contributed by atoms with van der Waals surface area (Å²) in [6, 6.07) is 8.39. The Morgan fingerprint density at radius 1 is 1.32 bits per heavy atom. The molecule has 1 saturated carbocycles. The first-order valence-electron chi connectivity index (χ1n) is 7.08. The highest BCUT2D eigenvalue weighted by Crippen LogP contribution is 2.32. The van der Waals surface area contributed by atoms with Crippen LogP contribution < -0.4 is 4.90 Å². The lowest BCUT2D eigenvalue weighted by molar-refractivity contribution is 0.313. The quantitative estimate of drug-likeness (QED) is 0.806. The van der Waals surface area contributed by atoms with E-state index in [2.05, 4.69) is 24.9 Å². The Hall–Kier alpha value is -1.20. The molecule has 0 saturated heterocycles. The predicted molar refractivity (Wildman–Crippen MR) is 80.6 cm³/mol. The molecule has 0 atom stereocenters. The molecule has 102 valence electrons. The van der Waals surface area contributed by atoms with E-state index in [9.17, 15) is 5.26 Å². The number of halogens is 1. The number of hydrogen-bond donors (Lipinski definition) is 0. The average Bonchev–Trinajstić information content (AvgIpc) is 2.46. The van der Waals surface area contributed by atoms with Crippen LogP contribution in [0, 0.1) is 17.2 Å². The van der Waals surface area contributed by atoms with E-state index in [0.29, 0.717) is 16.6 Å². The molecule has 19 heavy (non-hydrogen) atoms. The molecule has 0 aliphatic heterocycles. The number of rotatable bonds is 3. The molecule has 0 spiro atoms. The van der Waals surface area contributed by atoms with Crippen molar-refractivity contribution < 1.29 is 0 Å². The number of benzene rings is 1. The Morgan fingerprint density at radius 2 is 2.00 bits per heavy atom. The molecule has 0 unspecified atom stereocenters.